The third kappa shape index (κ3) is 11.9. The van der Waals surface area contributed by atoms with Gasteiger partial charge in [0, 0.05) is 58.9 Å². The number of hydrogen-bond acceptors (Lipinski definition) is 5. The van der Waals surface area contributed by atoms with Crippen molar-refractivity contribution in [3.8, 4) is 0 Å². The summed E-state index contributed by atoms with van der Waals surface area (Å²) < 4.78 is 5.21. The van der Waals surface area contributed by atoms with E-state index in [1.54, 1.807) is 7.05 Å². The Kier molecular flexibility index (Phi) is 13.8. The molecule has 1 unspecified atom stereocenters. The van der Waals surface area contributed by atoms with Gasteiger partial charge in [0.15, 0.2) is 5.96 Å². The van der Waals surface area contributed by atoms with Crippen LogP contribution in [0.3, 0.4) is 0 Å². The largest absolute Gasteiger partial charge is 0.444 e. The van der Waals surface area contributed by atoms with Gasteiger partial charge in [-0.3, -0.25) is 9.89 Å². The molecule has 166 valence electrons. The average Bonchev–Trinajstić information content (AvgIpc) is 2.62. The second kappa shape index (κ2) is 14.2. The third-order valence-electron chi connectivity index (χ3n) is 4.58. The van der Waals surface area contributed by atoms with Crippen LogP contribution in [0.5, 0.6) is 0 Å². The minimum Gasteiger partial charge on any atom is -0.444 e. The van der Waals surface area contributed by atoms with Crippen LogP contribution in [0.15, 0.2) is 4.99 Å². The second-order valence-corrected chi connectivity index (χ2v) is 7.98. The Morgan fingerprint density at radius 1 is 1.11 bits per heavy atom. The number of halogens is 1. The number of carbonyl (C=O) groups excluding carboxylic acids is 1. The van der Waals surface area contributed by atoms with Crippen LogP contribution in [0.25, 0.3) is 0 Å². The second-order valence-electron chi connectivity index (χ2n) is 7.98. The number of amides is 1. The van der Waals surface area contributed by atoms with Crippen molar-refractivity contribution in [2.24, 2.45) is 4.99 Å². The summed E-state index contributed by atoms with van der Waals surface area (Å²) in [5.74, 6) is 0.798. The van der Waals surface area contributed by atoms with Gasteiger partial charge in [-0.15, -0.1) is 24.0 Å². The Labute approximate surface area is 188 Å². The van der Waals surface area contributed by atoms with E-state index < -0.39 is 5.60 Å². The number of aliphatic imine (C=N–C) groups is 1. The molecule has 1 saturated heterocycles. The van der Waals surface area contributed by atoms with Crippen molar-refractivity contribution in [1.29, 1.82) is 0 Å². The summed E-state index contributed by atoms with van der Waals surface area (Å²) >= 11 is 0. The molecule has 28 heavy (non-hydrogen) atoms. The predicted octanol–water partition coefficient (Wildman–Crippen LogP) is 1.71. The molecule has 0 bridgehead atoms. The predicted molar refractivity (Wildman–Crippen MR) is 127 cm³/mol. The Balaban J connectivity index is 0.00000729. The molecule has 1 amide bonds. The van der Waals surface area contributed by atoms with Gasteiger partial charge in [0.1, 0.15) is 5.60 Å². The first kappa shape index (κ1) is 27.2. The fourth-order valence-corrected chi connectivity index (χ4v) is 2.91. The fourth-order valence-electron chi connectivity index (χ4n) is 2.91. The maximum atomic E-state index is 11.6. The molecule has 9 heteroatoms. The Bertz CT molecular complexity index is 462. The lowest BCUT2D eigenvalue weighted by Gasteiger charge is -2.37. The van der Waals surface area contributed by atoms with E-state index >= 15 is 0 Å². The van der Waals surface area contributed by atoms with E-state index in [1.807, 2.05) is 20.8 Å². The molecule has 0 saturated carbocycles. The Hall–Kier alpha value is -0.810. The van der Waals surface area contributed by atoms with Crippen molar-refractivity contribution in [3.63, 3.8) is 0 Å². The molecule has 0 spiro atoms. The molecule has 0 aromatic carbocycles. The number of carbonyl (C=O) groups is 1. The van der Waals surface area contributed by atoms with E-state index in [0.717, 1.165) is 58.2 Å². The molecule has 8 nitrogen and oxygen atoms in total. The monoisotopic (exact) mass is 512 g/mol. The van der Waals surface area contributed by atoms with Crippen LogP contribution in [0, 0.1) is 0 Å². The summed E-state index contributed by atoms with van der Waals surface area (Å²) in [4.78, 5) is 20.9. The Morgan fingerprint density at radius 2 is 1.71 bits per heavy atom. The van der Waals surface area contributed by atoms with Crippen molar-refractivity contribution in [1.82, 2.24) is 25.8 Å². The number of hydrogen-bond donors (Lipinski definition) is 3. The van der Waals surface area contributed by atoms with Gasteiger partial charge in [0.2, 0.25) is 0 Å². The smallest absolute Gasteiger partial charge is 0.407 e. The van der Waals surface area contributed by atoms with Crippen LogP contribution < -0.4 is 16.0 Å². The van der Waals surface area contributed by atoms with Crippen LogP contribution in [0.1, 0.15) is 41.0 Å². The van der Waals surface area contributed by atoms with Crippen LogP contribution in [-0.4, -0.2) is 92.9 Å². The van der Waals surface area contributed by atoms with Gasteiger partial charge in [0.25, 0.3) is 0 Å². The van der Waals surface area contributed by atoms with E-state index in [0.29, 0.717) is 12.6 Å². The van der Waals surface area contributed by atoms with Gasteiger partial charge >= 0.3 is 6.09 Å². The molecule has 1 aliphatic rings. The number of likely N-dealkylation sites (N-methyl/N-ethyl adjacent to an activating group) is 1. The van der Waals surface area contributed by atoms with Crippen molar-refractivity contribution >= 4 is 36.0 Å². The highest BCUT2D eigenvalue weighted by Gasteiger charge is 2.20. The summed E-state index contributed by atoms with van der Waals surface area (Å²) in [5, 5.41) is 9.44. The Morgan fingerprint density at radius 3 is 2.25 bits per heavy atom. The lowest BCUT2D eigenvalue weighted by Crippen LogP contribution is -2.53. The first-order valence-electron chi connectivity index (χ1n) is 10.1. The summed E-state index contributed by atoms with van der Waals surface area (Å²) in [6.07, 6.45) is 0.427. The molecule has 0 radical (unpaired) electrons. The van der Waals surface area contributed by atoms with Crippen LogP contribution in [-0.2, 0) is 4.74 Å². The van der Waals surface area contributed by atoms with E-state index in [2.05, 4.69) is 44.6 Å². The van der Waals surface area contributed by atoms with E-state index in [4.69, 9.17) is 4.74 Å². The summed E-state index contributed by atoms with van der Waals surface area (Å²) in [6.45, 7) is 17.9. The highest BCUT2D eigenvalue weighted by molar-refractivity contribution is 14.0. The van der Waals surface area contributed by atoms with Crippen molar-refractivity contribution in [2.45, 2.75) is 52.7 Å². The van der Waals surface area contributed by atoms with E-state index in [1.165, 1.54) is 0 Å². The molecule has 0 aromatic heterocycles. The number of nitrogens with zero attached hydrogens (tertiary/aromatic N) is 3. The first-order valence-corrected chi connectivity index (χ1v) is 10.1. The van der Waals surface area contributed by atoms with Crippen LogP contribution in [0.2, 0.25) is 0 Å². The molecule has 0 aliphatic carbocycles. The quantitative estimate of drug-likeness (QED) is 0.199. The van der Waals surface area contributed by atoms with Crippen molar-refractivity contribution in [2.75, 3.05) is 59.4 Å². The fraction of sp³-hybridized carbons (Fsp3) is 0.895. The molecular weight excluding hydrogens is 471 g/mol. The van der Waals surface area contributed by atoms with Gasteiger partial charge in [-0.2, -0.15) is 0 Å². The number of ether oxygens (including phenoxy) is 1. The molecule has 1 heterocycles. The highest BCUT2D eigenvalue weighted by Crippen LogP contribution is 2.06. The van der Waals surface area contributed by atoms with Crippen molar-refractivity contribution < 1.29 is 9.53 Å². The maximum absolute atomic E-state index is 11.6. The summed E-state index contributed by atoms with van der Waals surface area (Å²) in [5.41, 5.74) is -0.464. The van der Waals surface area contributed by atoms with Gasteiger partial charge < -0.3 is 25.6 Å². The minimum absolute atomic E-state index is 0. The summed E-state index contributed by atoms with van der Waals surface area (Å²) in [6, 6.07) is 0.469. The van der Waals surface area contributed by atoms with Gasteiger partial charge in [-0.05, 0) is 40.7 Å². The maximum Gasteiger partial charge on any atom is 0.407 e. The topological polar surface area (TPSA) is 81.2 Å². The number of nitrogens with one attached hydrogen (secondary N) is 3. The van der Waals surface area contributed by atoms with Gasteiger partial charge in [-0.1, -0.05) is 6.92 Å². The number of rotatable bonds is 8. The molecule has 1 atom stereocenters. The molecule has 1 fully saturated rings. The number of piperazine rings is 1. The minimum atomic E-state index is -0.464. The van der Waals surface area contributed by atoms with Gasteiger partial charge in [-0.25, -0.2) is 4.79 Å². The molecule has 1 aliphatic heterocycles. The zero-order valence-electron chi connectivity index (χ0n) is 18.5. The number of alkyl carbamates (subject to hydrolysis) is 1. The number of guanidine groups is 1. The molecular formula is C19H41IN6O2. The van der Waals surface area contributed by atoms with Crippen LogP contribution >= 0.6 is 24.0 Å². The average molecular weight is 512 g/mol. The normalized spacial score (nSPS) is 17.4. The van der Waals surface area contributed by atoms with E-state index in [-0.39, 0.29) is 30.1 Å². The first-order chi connectivity index (χ1) is 12.7. The zero-order valence-corrected chi connectivity index (χ0v) is 20.8. The summed E-state index contributed by atoms with van der Waals surface area (Å²) in [7, 11) is 1.78. The van der Waals surface area contributed by atoms with E-state index in [9.17, 15) is 4.79 Å². The third-order valence-corrected chi connectivity index (χ3v) is 4.58. The zero-order chi connectivity index (χ0) is 20.3. The highest BCUT2D eigenvalue weighted by atomic mass is 127. The molecule has 1 rings (SSSR count). The lowest BCUT2D eigenvalue weighted by atomic mass is 10.2. The van der Waals surface area contributed by atoms with Crippen LogP contribution in [0.4, 0.5) is 4.79 Å². The van der Waals surface area contributed by atoms with Gasteiger partial charge in [0.05, 0.1) is 0 Å². The van der Waals surface area contributed by atoms with Crippen molar-refractivity contribution in [3.05, 3.63) is 0 Å². The SMILES string of the molecule is CCN1CCN(C(C)CNC(=NC)NCCCNC(=O)OC(C)(C)C)CC1.I. The lowest BCUT2D eigenvalue weighted by molar-refractivity contribution is 0.0527. The molecule has 0 aromatic rings. The molecule has 3 N–H and O–H groups in total. The standard InChI is InChI=1S/C19H40N6O2.HI/c1-7-24-11-13-25(14-12-24)16(2)15-23-17(20-6)21-9-8-10-22-18(26)27-19(3,4)5;/h16H,7-15H2,1-6H3,(H,22,26)(H2,20,21,23);1H.